The van der Waals surface area contributed by atoms with Crippen LogP contribution in [0.3, 0.4) is 0 Å². The number of esters is 1. The molecule has 0 aromatic carbocycles. The fraction of sp³-hybridized carbons (Fsp3) is 0.745. The Morgan fingerprint density at radius 1 is 0.492 bits per heavy atom. The van der Waals surface area contributed by atoms with E-state index in [4.69, 9.17) is 4.74 Å². The summed E-state index contributed by atoms with van der Waals surface area (Å²) in [6.07, 6.45) is 61.1. The van der Waals surface area contributed by atoms with E-state index in [0.717, 1.165) is 83.5 Å². The van der Waals surface area contributed by atoms with Crippen LogP contribution in [0.15, 0.2) is 72.9 Å². The smallest absolute Gasteiger partial charge is 0.306 e. The van der Waals surface area contributed by atoms with Gasteiger partial charge in [-0.1, -0.05) is 209 Å². The lowest BCUT2D eigenvalue weighted by Gasteiger charge is -2.24. The molecule has 3 atom stereocenters. The number of hydrogen-bond acceptors (Lipinski definition) is 5. The monoisotopic (exact) mass is 852 g/mol. The van der Waals surface area contributed by atoms with Gasteiger partial charge in [0.2, 0.25) is 5.91 Å². The lowest BCUT2D eigenvalue weighted by atomic mass is 10.0. The standard InChI is InChI=1S/C55H97NO5/c1-4-7-10-13-16-19-22-24-26-27-29-31-33-36-39-42-45-48-55(60)61-51(46-43-40-37-34-32-30-28-25-23-20-17-14-11-8-5-2)49-54(59)56-52(50-57)53(58)47-44-41-38-35-21-18-15-12-9-6-3/h7,10,16,19,24-26,28-29,31,36,39,51-53,57-58H,4-6,8-9,11-15,17-18,20-23,27,30,32-35,37-38,40-50H2,1-3H3,(H,56,59)/b10-7-,19-16-,26-24-,28-25+,31-29-,39-36-. The van der Waals surface area contributed by atoms with E-state index in [1.807, 2.05) is 0 Å². The van der Waals surface area contributed by atoms with Crippen LogP contribution in [0.25, 0.3) is 0 Å². The second-order valence-electron chi connectivity index (χ2n) is 17.2. The Hall–Kier alpha value is -2.70. The minimum atomic E-state index is -0.801. The summed E-state index contributed by atoms with van der Waals surface area (Å²) in [5.74, 6) is -0.553. The predicted molar refractivity (Wildman–Crippen MR) is 264 cm³/mol. The quantitative estimate of drug-likeness (QED) is 0.0322. The number of unbranched alkanes of at least 4 members (excludes halogenated alkanes) is 21. The molecule has 61 heavy (non-hydrogen) atoms. The number of carbonyl (C=O) groups excluding carboxylic acids is 2. The van der Waals surface area contributed by atoms with Crippen molar-refractivity contribution in [3.05, 3.63) is 72.9 Å². The summed E-state index contributed by atoms with van der Waals surface area (Å²) < 4.78 is 5.90. The molecule has 6 heteroatoms. The number of amides is 1. The highest BCUT2D eigenvalue weighted by Gasteiger charge is 2.24. The molecule has 3 unspecified atom stereocenters. The average Bonchev–Trinajstić information content (AvgIpc) is 3.25. The molecule has 1 amide bonds. The molecule has 0 radical (unpaired) electrons. The Morgan fingerprint density at radius 2 is 0.885 bits per heavy atom. The topological polar surface area (TPSA) is 95.9 Å². The van der Waals surface area contributed by atoms with Crippen molar-refractivity contribution in [3.8, 4) is 0 Å². The Kier molecular flexibility index (Phi) is 46.2. The number of aliphatic hydroxyl groups excluding tert-OH is 2. The second-order valence-corrected chi connectivity index (χ2v) is 17.2. The van der Waals surface area contributed by atoms with Crippen molar-refractivity contribution in [3.63, 3.8) is 0 Å². The fourth-order valence-electron chi connectivity index (χ4n) is 7.40. The molecule has 0 rings (SSSR count). The second kappa shape index (κ2) is 48.3. The zero-order valence-electron chi connectivity index (χ0n) is 40.0. The molecule has 0 aliphatic rings. The first-order chi connectivity index (χ1) is 30.0. The van der Waals surface area contributed by atoms with Gasteiger partial charge in [0.25, 0.3) is 0 Å². The maximum Gasteiger partial charge on any atom is 0.306 e. The van der Waals surface area contributed by atoms with Gasteiger partial charge in [-0.15, -0.1) is 0 Å². The molecular weight excluding hydrogens is 755 g/mol. The third-order valence-electron chi connectivity index (χ3n) is 11.3. The van der Waals surface area contributed by atoms with E-state index in [9.17, 15) is 19.8 Å². The van der Waals surface area contributed by atoms with E-state index < -0.39 is 18.2 Å². The Bertz CT molecular complexity index is 1140. The SMILES string of the molecule is CC/C=C\C/C=C\C/C=C\C/C=C\C/C=C\CCCC(=O)OC(CCCCCCC/C=C/CCCCCCCC)CC(=O)NC(CO)C(O)CCCCCCCCCCCC. The molecule has 0 fully saturated rings. The van der Waals surface area contributed by atoms with Crippen LogP contribution in [0.4, 0.5) is 0 Å². The number of carbonyl (C=O) groups is 2. The Labute approximate surface area is 377 Å². The van der Waals surface area contributed by atoms with Crippen molar-refractivity contribution in [2.75, 3.05) is 6.61 Å². The van der Waals surface area contributed by atoms with Crippen LogP contribution in [-0.4, -0.2) is 46.9 Å². The molecule has 0 aromatic heterocycles. The highest BCUT2D eigenvalue weighted by atomic mass is 16.5. The summed E-state index contributed by atoms with van der Waals surface area (Å²) in [5, 5.41) is 23.7. The van der Waals surface area contributed by atoms with Crippen LogP contribution >= 0.6 is 0 Å². The molecule has 0 saturated heterocycles. The summed E-state index contributed by atoms with van der Waals surface area (Å²) >= 11 is 0. The number of allylic oxidation sites excluding steroid dienone is 12. The van der Waals surface area contributed by atoms with Gasteiger partial charge in [0.05, 0.1) is 25.2 Å². The fourth-order valence-corrected chi connectivity index (χ4v) is 7.40. The summed E-state index contributed by atoms with van der Waals surface area (Å²) in [5.41, 5.74) is 0. The third kappa shape index (κ3) is 43.7. The van der Waals surface area contributed by atoms with Crippen LogP contribution in [0, 0.1) is 0 Å². The van der Waals surface area contributed by atoms with Crippen LogP contribution in [0.1, 0.15) is 239 Å². The van der Waals surface area contributed by atoms with Crippen LogP contribution in [-0.2, 0) is 14.3 Å². The van der Waals surface area contributed by atoms with Gasteiger partial charge in [0.15, 0.2) is 0 Å². The molecule has 3 N–H and O–H groups in total. The molecule has 0 aliphatic carbocycles. The lowest BCUT2D eigenvalue weighted by Crippen LogP contribution is -2.46. The molecule has 0 saturated carbocycles. The first kappa shape index (κ1) is 58.3. The highest BCUT2D eigenvalue weighted by molar-refractivity contribution is 5.77. The van der Waals surface area contributed by atoms with Gasteiger partial charge in [0.1, 0.15) is 6.10 Å². The van der Waals surface area contributed by atoms with Gasteiger partial charge in [-0.25, -0.2) is 0 Å². The van der Waals surface area contributed by atoms with E-state index in [2.05, 4.69) is 99.0 Å². The number of rotatable bonds is 45. The van der Waals surface area contributed by atoms with Gasteiger partial charge in [-0.05, 0) is 89.9 Å². The maximum absolute atomic E-state index is 13.2. The number of aliphatic hydroxyl groups is 2. The zero-order chi connectivity index (χ0) is 44.5. The Balaban J connectivity index is 4.70. The maximum atomic E-state index is 13.2. The molecular formula is C55H97NO5. The molecule has 352 valence electrons. The highest BCUT2D eigenvalue weighted by Crippen LogP contribution is 2.17. The largest absolute Gasteiger partial charge is 0.462 e. The Morgan fingerprint density at radius 3 is 1.36 bits per heavy atom. The number of hydrogen-bond donors (Lipinski definition) is 3. The van der Waals surface area contributed by atoms with E-state index in [1.165, 1.54) is 103 Å². The van der Waals surface area contributed by atoms with E-state index >= 15 is 0 Å². The molecule has 0 aromatic rings. The number of ether oxygens (including phenoxy) is 1. The van der Waals surface area contributed by atoms with Crippen molar-refractivity contribution < 1.29 is 24.5 Å². The normalized spacial score (nSPS) is 13.9. The van der Waals surface area contributed by atoms with Gasteiger partial charge in [-0.3, -0.25) is 9.59 Å². The molecule has 0 aliphatic heterocycles. The number of nitrogens with one attached hydrogen (secondary N) is 1. The van der Waals surface area contributed by atoms with Gasteiger partial charge in [-0.2, -0.15) is 0 Å². The summed E-state index contributed by atoms with van der Waals surface area (Å²) in [4.78, 5) is 26.1. The molecule has 0 bridgehead atoms. The molecule has 0 heterocycles. The minimum Gasteiger partial charge on any atom is -0.462 e. The van der Waals surface area contributed by atoms with E-state index in [-0.39, 0.29) is 24.9 Å². The van der Waals surface area contributed by atoms with Crippen molar-refractivity contribution in [1.82, 2.24) is 5.32 Å². The van der Waals surface area contributed by atoms with E-state index in [0.29, 0.717) is 25.7 Å². The van der Waals surface area contributed by atoms with Crippen molar-refractivity contribution >= 4 is 11.9 Å². The molecule has 0 spiro atoms. The van der Waals surface area contributed by atoms with Crippen LogP contribution in [0.5, 0.6) is 0 Å². The first-order valence-electron chi connectivity index (χ1n) is 25.7. The van der Waals surface area contributed by atoms with Crippen molar-refractivity contribution in [2.24, 2.45) is 0 Å². The zero-order valence-corrected chi connectivity index (χ0v) is 40.0. The first-order valence-corrected chi connectivity index (χ1v) is 25.7. The predicted octanol–water partition coefficient (Wildman–Crippen LogP) is 15.4. The van der Waals surface area contributed by atoms with Crippen molar-refractivity contribution in [1.29, 1.82) is 0 Å². The third-order valence-corrected chi connectivity index (χ3v) is 11.3. The van der Waals surface area contributed by atoms with Crippen LogP contribution in [0.2, 0.25) is 0 Å². The minimum absolute atomic E-state index is 0.0470. The van der Waals surface area contributed by atoms with Gasteiger partial charge in [0, 0.05) is 6.42 Å². The lowest BCUT2D eigenvalue weighted by molar-refractivity contribution is -0.151. The average molecular weight is 852 g/mol. The van der Waals surface area contributed by atoms with E-state index in [1.54, 1.807) is 0 Å². The van der Waals surface area contributed by atoms with Gasteiger partial charge < -0.3 is 20.3 Å². The summed E-state index contributed by atoms with van der Waals surface area (Å²) in [7, 11) is 0. The van der Waals surface area contributed by atoms with Crippen LogP contribution < -0.4 is 5.32 Å². The molecule has 6 nitrogen and oxygen atoms in total. The summed E-state index contributed by atoms with van der Waals surface area (Å²) in [6, 6.07) is -0.717. The van der Waals surface area contributed by atoms with Crippen molar-refractivity contribution in [2.45, 2.75) is 257 Å². The summed E-state index contributed by atoms with van der Waals surface area (Å²) in [6.45, 7) is 6.34. The van der Waals surface area contributed by atoms with Gasteiger partial charge >= 0.3 is 5.97 Å².